The summed E-state index contributed by atoms with van der Waals surface area (Å²) in [5.41, 5.74) is 3.56. The first-order chi connectivity index (χ1) is 13.1. The molecule has 3 aromatic rings. The van der Waals surface area contributed by atoms with Gasteiger partial charge in [0.15, 0.2) is 5.82 Å². The monoisotopic (exact) mass is 402 g/mol. The van der Waals surface area contributed by atoms with Crippen LogP contribution in [-0.4, -0.2) is 50.8 Å². The van der Waals surface area contributed by atoms with Crippen LogP contribution >= 0.6 is 12.4 Å². The minimum absolute atomic E-state index is 0. The Balaban J connectivity index is 0.00000225. The van der Waals surface area contributed by atoms with Crippen molar-refractivity contribution in [2.45, 2.75) is 13.5 Å². The quantitative estimate of drug-likeness (QED) is 0.671. The third kappa shape index (κ3) is 4.00. The Bertz CT molecular complexity index is 936. The van der Waals surface area contributed by atoms with E-state index in [-0.39, 0.29) is 18.2 Å². The Morgan fingerprint density at radius 3 is 2.43 bits per heavy atom. The Morgan fingerprint density at radius 1 is 1.04 bits per heavy atom. The maximum atomic E-state index is 14.3. The zero-order chi connectivity index (χ0) is 18.8. The zero-order valence-electron chi connectivity index (χ0n) is 16.0. The molecule has 0 unspecified atom stereocenters. The van der Waals surface area contributed by atoms with Crippen LogP contribution in [0.1, 0.15) is 11.3 Å². The number of aromatic nitrogens is 4. The largest absolute Gasteiger partial charge is 0.352 e. The van der Waals surface area contributed by atoms with Crippen molar-refractivity contribution in [1.82, 2.24) is 24.6 Å². The topological polar surface area (TPSA) is 50.1 Å². The number of benzene rings is 1. The van der Waals surface area contributed by atoms with Crippen LogP contribution < -0.4 is 4.90 Å². The van der Waals surface area contributed by atoms with E-state index in [2.05, 4.69) is 31.8 Å². The molecule has 1 aliphatic rings. The normalized spacial score (nSPS) is 14.8. The van der Waals surface area contributed by atoms with Gasteiger partial charge in [-0.1, -0.05) is 12.1 Å². The van der Waals surface area contributed by atoms with Gasteiger partial charge >= 0.3 is 0 Å². The van der Waals surface area contributed by atoms with Gasteiger partial charge in [0, 0.05) is 69.0 Å². The van der Waals surface area contributed by atoms with Gasteiger partial charge in [-0.3, -0.25) is 14.6 Å². The van der Waals surface area contributed by atoms with E-state index in [1.54, 1.807) is 24.5 Å². The van der Waals surface area contributed by atoms with Crippen LogP contribution in [0.4, 0.5) is 10.2 Å². The summed E-state index contributed by atoms with van der Waals surface area (Å²) in [5, 5.41) is 4.32. The third-order valence-electron chi connectivity index (χ3n) is 5.21. The van der Waals surface area contributed by atoms with Gasteiger partial charge in [-0.25, -0.2) is 9.37 Å². The van der Waals surface area contributed by atoms with Gasteiger partial charge in [0.1, 0.15) is 11.5 Å². The standard InChI is InChI=1S/C20H23FN6.ClH/c1-15-16(13-24-25(15)2)14-26-9-11-27(12-10-26)20-19(22-7-8-23-20)17-5-3-4-6-18(17)21;/h3-8,13H,9-12,14H2,1-2H3;1H. The minimum Gasteiger partial charge on any atom is -0.352 e. The van der Waals surface area contributed by atoms with Crippen molar-refractivity contribution >= 4 is 18.2 Å². The summed E-state index contributed by atoms with van der Waals surface area (Å²) in [6.45, 7) is 6.50. The minimum atomic E-state index is -0.273. The summed E-state index contributed by atoms with van der Waals surface area (Å²) >= 11 is 0. The van der Waals surface area contributed by atoms with Crippen LogP contribution in [0.5, 0.6) is 0 Å². The zero-order valence-corrected chi connectivity index (χ0v) is 16.9. The first-order valence-corrected chi connectivity index (χ1v) is 9.14. The fourth-order valence-electron chi connectivity index (χ4n) is 3.46. The highest BCUT2D eigenvalue weighted by Gasteiger charge is 2.23. The lowest BCUT2D eigenvalue weighted by Crippen LogP contribution is -2.46. The van der Waals surface area contributed by atoms with Crippen molar-refractivity contribution in [2.24, 2.45) is 7.05 Å². The number of piperazine rings is 1. The number of aryl methyl sites for hydroxylation is 1. The average Bonchev–Trinajstić information content (AvgIpc) is 3.01. The van der Waals surface area contributed by atoms with E-state index in [0.29, 0.717) is 11.3 Å². The SMILES string of the molecule is Cc1c(CN2CCN(c3nccnc3-c3ccccc3F)CC2)cnn1C.Cl. The second-order valence-electron chi connectivity index (χ2n) is 6.85. The fraction of sp³-hybridized carbons (Fsp3) is 0.350. The summed E-state index contributed by atoms with van der Waals surface area (Å²) in [6, 6.07) is 6.73. The number of anilines is 1. The van der Waals surface area contributed by atoms with Crippen LogP contribution in [-0.2, 0) is 13.6 Å². The predicted molar refractivity (Wildman–Crippen MR) is 110 cm³/mol. The molecule has 2 aromatic heterocycles. The Kier molecular flexibility index (Phi) is 6.26. The van der Waals surface area contributed by atoms with Crippen LogP contribution in [0.25, 0.3) is 11.3 Å². The van der Waals surface area contributed by atoms with E-state index in [9.17, 15) is 4.39 Å². The summed E-state index contributed by atoms with van der Waals surface area (Å²) in [6.07, 6.45) is 5.23. The average molecular weight is 403 g/mol. The highest BCUT2D eigenvalue weighted by atomic mass is 35.5. The fourth-order valence-corrected chi connectivity index (χ4v) is 3.46. The molecule has 0 N–H and O–H groups in total. The third-order valence-corrected chi connectivity index (χ3v) is 5.21. The van der Waals surface area contributed by atoms with E-state index in [1.807, 2.05) is 24.0 Å². The van der Waals surface area contributed by atoms with Crippen LogP contribution in [0, 0.1) is 12.7 Å². The van der Waals surface area contributed by atoms with Crippen LogP contribution in [0.15, 0.2) is 42.9 Å². The number of halogens is 2. The van der Waals surface area contributed by atoms with Crippen LogP contribution in [0.2, 0.25) is 0 Å². The molecule has 0 radical (unpaired) electrons. The summed E-state index contributed by atoms with van der Waals surface area (Å²) in [5.74, 6) is 0.477. The predicted octanol–water partition coefficient (Wildman–Crippen LogP) is 3.07. The van der Waals surface area contributed by atoms with Crippen molar-refractivity contribution in [3.63, 3.8) is 0 Å². The van der Waals surface area contributed by atoms with Crippen molar-refractivity contribution in [3.8, 4) is 11.3 Å². The molecule has 1 aliphatic heterocycles. The highest BCUT2D eigenvalue weighted by Crippen LogP contribution is 2.29. The lowest BCUT2D eigenvalue weighted by Gasteiger charge is -2.35. The Morgan fingerprint density at radius 2 is 1.75 bits per heavy atom. The van der Waals surface area contributed by atoms with Crippen molar-refractivity contribution in [2.75, 3.05) is 31.1 Å². The van der Waals surface area contributed by atoms with Crippen LogP contribution in [0.3, 0.4) is 0 Å². The molecular formula is C20H24ClFN6. The van der Waals surface area contributed by atoms with Crippen molar-refractivity contribution in [1.29, 1.82) is 0 Å². The van der Waals surface area contributed by atoms with E-state index in [4.69, 9.17) is 0 Å². The molecule has 0 bridgehead atoms. The van der Waals surface area contributed by atoms with Gasteiger partial charge in [0.2, 0.25) is 0 Å². The molecule has 1 aromatic carbocycles. The van der Waals surface area contributed by atoms with Crippen molar-refractivity contribution in [3.05, 3.63) is 59.9 Å². The van der Waals surface area contributed by atoms with Crippen molar-refractivity contribution < 1.29 is 4.39 Å². The molecule has 0 spiro atoms. The molecule has 0 amide bonds. The van der Waals surface area contributed by atoms with E-state index < -0.39 is 0 Å². The number of nitrogens with zero attached hydrogens (tertiary/aromatic N) is 6. The van der Waals surface area contributed by atoms with Gasteiger partial charge in [-0.2, -0.15) is 5.10 Å². The molecule has 8 heteroatoms. The highest BCUT2D eigenvalue weighted by molar-refractivity contribution is 5.85. The molecular weight excluding hydrogens is 379 g/mol. The number of hydrogen-bond acceptors (Lipinski definition) is 5. The molecule has 4 rings (SSSR count). The molecule has 0 aliphatic carbocycles. The summed E-state index contributed by atoms with van der Waals surface area (Å²) < 4.78 is 16.2. The van der Waals surface area contributed by atoms with E-state index in [0.717, 1.165) is 38.5 Å². The second kappa shape index (κ2) is 8.67. The van der Waals surface area contributed by atoms with Gasteiger partial charge in [-0.15, -0.1) is 12.4 Å². The number of hydrogen-bond donors (Lipinski definition) is 0. The van der Waals surface area contributed by atoms with Gasteiger partial charge in [0.05, 0.1) is 6.20 Å². The van der Waals surface area contributed by atoms with E-state index >= 15 is 0 Å². The molecule has 0 atom stereocenters. The second-order valence-corrected chi connectivity index (χ2v) is 6.85. The van der Waals surface area contributed by atoms with Gasteiger partial charge in [-0.05, 0) is 19.1 Å². The summed E-state index contributed by atoms with van der Waals surface area (Å²) in [4.78, 5) is 13.5. The maximum Gasteiger partial charge on any atom is 0.155 e. The van der Waals surface area contributed by atoms with E-state index in [1.165, 1.54) is 17.3 Å². The Labute approximate surface area is 170 Å². The lowest BCUT2D eigenvalue weighted by atomic mass is 10.1. The first-order valence-electron chi connectivity index (χ1n) is 9.14. The lowest BCUT2D eigenvalue weighted by molar-refractivity contribution is 0.249. The number of rotatable bonds is 4. The summed E-state index contributed by atoms with van der Waals surface area (Å²) in [7, 11) is 1.97. The molecule has 148 valence electrons. The molecule has 28 heavy (non-hydrogen) atoms. The molecule has 1 saturated heterocycles. The smallest absolute Gasteiger partial charge is 0.155 e. The maximum absolute atomic E-state index is 14.3. The van der Waals surface area contributed by atoms with Gasteiger partial charge < -0.3 is 4.90 Å². The van der Waals surface area contributed by atoms with Gasteiger partial charge in [0.25, 0.3) is 0 Å². The first kappa shape index (κ1) is 20.2. The molecule has 0 saturated carbocycles. The molecule has 3 heterocycles. The Hall–Kier alpha value is -2.51. The molecule has 6 nitrogen and oxygen atoms in total. The molecule has 1 fully saturated rings.